The van der Waals surface area contributed by atoms with Gasteiger partial charge in [0.15, 0.2) is 5.60 Å². The molecule has 0 saturated carbocycles. The Kier molecular flexibility index (Phi) is 2.69. The van der Waals surface area contributed by atoms with Crippen LogP contribution in [-0.4, -0.2) is 11.3 Å². The molecule has 1 rings (SSSR count). The van der Waals surface area contributed by atoms with Crippen LogP contribution in [0.3, 0.4) is 0 Å². The van der Waals surface area contributed by atoms with Crippen LogP contribution < -0.4 is 5.73 Å². The largest absolute Gasteiger partial charge is 0.421 e. The molecule has 15 heavy (non-hydrogen) atoms. The van der Waals surface area contributed by atoms with Crippen LogP contribution in [0.25, 0.3) is 0 Å². The molecule has 0 aliphatic carbocycles. The molecule has 0 aliphatic rings. The van der Waals surface area contributed by atoms with Gasteiger partial charge in [0.25, 0.3) is 0 Å². The van der Waals surface area contributed by atoms with E-state index in [0.29, 0.717) is 11.3 Å². The summed E-state index contributed by atoms with van der Waals surface area (Å²) in [5, 5.41) is 9.37. The summed E-state index contributed by atoms with van der Waals surface area (Å²) in [6, 6.07) is 3.77. The topological polar surface area (TPSA) is 46.2 Å². The Morgan fingerprint density at radius 1 is 1.27 bits per heavy atom. The van der Waals surface area contributed by atoms with Crippen molar-refractivity contribution in [2.45, 2.75) is 25.6 Å². The smallest absolute Gasteiger partial charge is 0.399 e. The predicted octanol–water partition coefficient (Wildman–Crippen LogP) is 2.35. The van der Waals surface area contributed by atoms with Gasteiger partial charge in [-0.15, -0.1) is 0 Å². The first kappa shape index (κ1) is 11.8. The Balaban J connectivity index is 3.22. The summed E-state index contributed by atoms with van der Waals surface area (Å²) in [6.45, 7) is 2.31. The minimum absolute atomic E-state index is 0.207. The second-order valence-electron chi connectivity index (χ2n) is 3.64. The van der Waals surface area contributed by atoms with E-state index in [0.717, 1.165) is 6.92 Å². The van der Waals surface area contributed by atoms with Crippen molar-refractivity contribution in [3.05, 3.63) is 29.3 Å². The minimum Gasteiger partial charge on any atom is -0.399 e. The van der Waals surface area contributed by atoms with Crippen molar-refractivity contribution in [3.63, 3.8) is 0 Å². The number of nitrogen functional groups attached to an aromatic ring is 1. The second-order valence-corrected chi connectivity index (χ2v) is 3.64. The summed E-state index contributed by atoms with van der Waals surface area (Å²) in [7, 11) is 0. The summed E-state index contributed by atoms with van der Waals surface area (Å²) in [5.74, 6) is 0. The number of rotatable bonds is 1. The number of hydrogen-bond acceptors (Lipinski definition) is 2. The molecule has 5 heteroatoms. The van der Waals surface area contributed by atoms with Crippen LogP contribution in [-0.2, 0) is 5.60 Å². The lowest BCUT2D eigenvalue weighted by Gasteiger charge is -2.27. The number of alkyl halides is 3. The van der Waals surface area contributed by atoms with E-state index in [1.54, 1.807) is 6.92 Å². The zero-order valence-electron chi connectivity index (χ0n) is 8.39. The molecule has 1 unspecified atom stereocenters. The van der Waals surface area contributed by atoms with Gasteiger partial charge in [0.2, 0.25) is 0 Å². The lowest BCUT2D eigenvalue weighted by Crippen LogP contribution is -2.39. The molecular formula is C10H12F3NO. The summed E-state index contributed by atoms with van der Waals surface area (Å²) in [4.78, 5) is 0. The van der Waals surface area contributed by atoms with Crippen LogP contribution in [0.2, 0.25) is 0 Å². The molecule has 0 bridgehead atoms. The molecule has 0 spiro atoms. The highest BCUT2D eigenvalue weighted by molar-refractivity contribution is 5.48. The zero-order chi connectivity index (χ0) is 11.9. The number of aryl methyl sites for hydroxylation is 1. The van der Waals surface area contributed by atoms with Gasteiger partial charge < -0.3 is 10.8 Å². The van der Waals surface area contributed by atoms with Crippen molar-refractivity contribution < 1.29 is 18.3 Å². The Labute approximate surface area is 85.5 Å². The van der Waals surface area contributed by atoms with E-state index in [1.807, 2.05) is 0 Å². The maximum absolute atomic E-state index is 12.5. The summed E-state index contributed by atoms with van der Waals surface area (Å²) >= 11 is 0. The lowest BCUT2D eigenvalue weighted by molar-refractivity contribution is -0.258. The van der Waals surface area contributed by atoms with Crippen LogP contribution in [0, 0.1) is 6.92 Å². The van der Waals surface area contributed by atoms with E-state index in [9.17, 15) is 18.3 Å². The Morgan fingerprint density at radius 2 is 1.80 bits per heavy atom. The van der Waals surface area contributed by atoms with E-state index in [4.69, 9.17) is 5.73 Å². The van der Waals surface area contributed by atoms with Gasteiger partial charge in [-0.2, -0.15) is 13.2 Å². The number of benzene rings is 1. The first-order valence-corrected chi connectivity index (χ1v) is 4.32. The molecule has 0 heterocycles. The van der Waals surface area contributed by atoms with E-state index < -0.39 is 11.8 Å². The molecule has 0 amide bonds. The minimum atomic E-state index is -4.70. The third kappa shape index (κ3) is 2.07. The molecule has 84 valence electrons. The summed E-state index contributed by atoms with van der Waals surface area (Å²) in [5.41, 5.74) is 3.34. The standard InChI is InChI=1S/C10H12F3NO/c1-6-5-7(3-4-8(6)14)9(2,15)10(11,12)13/h3-5,15H,14H2,1-2H3. The third-order valence-electron chi connectivity index (χ3n) is 2.38. The average molecular weight is 219 g/mol. The van der Waals surface area contributed by atoms with Crippen molar-refractivity contribution in [1.82, 2.24) is 0 Å². The van der Waals surface area contributed by atoms with Gasteiger partial charge in [0.1, 0.15) is 0 Å². The molecule has 1 aromatic carbocycles. The first-order valence-electron chi connectivity index (χ1n) is 4.32. The summed E-state index contributed by atoms with van der Waals surface area (Å²) in [6.07, 6.45) is -4.70. The predicted molar refractivity (Wildman–Crippen MR) is 51.2 cm³/mol. The number of nitrogens with two attached hydrogens (primary N) is 1. The molecule has 2 nitrogen and oxygen atoms in total. The zero-order valence-corrected chi connectivity index (χ0v) is 8.39. The monoisotopic (exact) mass is 219 g/mol. The maximum atomic E-state index is 12.5. The molecular weight excluding hydrogens is 207 g/mol. The molecule has 0 saturated heterocycles. The molecule has 1 aromatic rings. The highest BCUT2D eigenvalue weighted by atomic mass is 19.4. The molecule has 0 aliphatic heterocycles. The highest BCUT2D eigenvalue weighted by Gasteiger charge is 2.51. The molecule has 0 aromatic heterocycles. The van der Waals surface area contributed by atoms with Crippen molar-refractivity contribution in [3.8, 4) is 0 Å². The van der Waals surface area contributed by atoms with Crippen LogP contribution in [0.4, 0.5) is 18.9 Å². The van der Waals surface area contributed by atoms with Crippen LogP contribution >= 0.6 is 0 Å². The average Bonchev–Trinajstić information content (AvgIpc) is 2.07. The van der Waals surface area contributed by atoms with Gasteiger partial charge in [-0.25, -0.2) is 0 Å². The Morgan fingerprint density at radius 3 is 2.20 bits per heavy atom. The fourth-order valence-corrected chi connectivity index (χ4v) is 1.14. The van der Waals surface area contributed by atoms with Crippen LogP contribution in [0.5, 0.6) is 0 Å². The van der Waals surface area contributed by atoms with Crippen LogP contribution in [0.15, 0.2) is 18.2 Å². The fourth-order valence-electron chi connectivity index (χ4n) is 1.14. The Bertz CT molecular complexity index is 371. The van der Waals surface area contributed by atoms with Gasteiger partial charge in [0, 0.05) is 5.69 Å². The van der Waals surface area contributed by atoms with Gasteiger partial charge in [0.05, 0.1) is 0 Å². The van der Waals surface area contributed by atoms with Gasteiger partial charge >= 0.3 is 6.18 Å². The molecule has 0 radical (unpaired) electrons. The molecule has 1 atom stereocenters. The van der Waals surface area contributed by atoms with Crippen molar-refractivity contribution >= 4 is 5.69 Å². The summed E-state index contributed by atoms with van der Waals surface area (Å²) < 4.78 is 37.4. The molecule has 3 N–H and O–H groups in total. The molecule has 0 fully saturated rings. The van der Waals surface area contributed by atoms with E-state index in [1.165, 1.54) is 18.2 Å². The van der Waals surface area contributed by atoms with E-state index >= 15 is 0 Å². The highest BCUT2D eigenvalue weighted by Crippen LogP contribution is 2.39. The van der Waals surface area contributed by atoms with Gasteiger partial charge in [-0.3, -0.25) is 0 Å². The van der Waals surface area contributed by atoms with Crippen LogP contribution in [0.1, 0.15) is 18.1 Å². The number of aliphatic hydroxyl groups is 1. The normalized spacial score (nSPS) is 16.1. The van der Waals surface area contributed by atoms with E-state index in [2.05, 4.69) is 0 Å². The number of hydrogen-bond donors (Lipinski definition) is 2. The quantitative estimate of drug-likeness (QED) is 0.712. The second kappa shape index (κ2) is 3.41. The Hall–Kier alpha value is -1.23. The van der Waals surface area contributed by atoms with Gasteiger partial charge in [-0.05, 0) is 31.0 Å². The SMILES string of the molecule is Cc1cc(C(C)(O)C(F)(F)F)ccc1N. The van der Waals surface area contributed by atoms with Crippen molar-refractivity contribution in [1.29, 1.82) is 0 Å². The van der Waals surface area contributed by atoms with E-state index in [-0.39, 0.29) is 5.56 Å². The van der Waals surface area contributed by atoms with Crippen molar-refractivity contribution in [2.75, 3.05) is 5.73 Å². The third-order valence-corrected chi connectivity index (χ3v) is 2.38. The fraction of sp³-hybridized carbons (Fsp3) is 0.400. The van der Waals surface area contributed by atoms with Gasteiger partial charge in [-0.1, -0.05) is 12.1 Å². The lowest BCUT2D eigenvalue weighted by atomic mass is 9.93. The first-order chi connectivity index (χ1) is 6.66. The maximum Gasteiger partial charge on any atom is 0.421 e. The number of halogens is 3. The van der Waals surface area contributed by atoms with Crippen molar-refractivity contribution in [2.24, 2.45) is 0 Å². The number of anilines is 1.